The van der Waals surface area contributed by atoms with Gasteiger partial charge >= 0.3 is 6.09 Å². The number of alkyl carbamates (subject to hydrolysis) is 1. The zero-order valence-electron chi connectivity index (χ0n) is 15.7. The van der Waals surface area contributed by atoms with Gasteiger partial charge in [0.15, 0.2) is 0 Å². The molecule has 0 saturated heterocycles. The Morgan fingerprint density at radius 1 is 1.00 bits per heavy atom. The van der Waals surface area contributed by atoms with Crippen molar-refractivity contribution in [2.24, 2.45) is 0 Å². The maximum atomic E-state index is 11.8. The Balaban J connectivity index is 1.98. The van der Waals surface area contributed by atoms with E-state index in [2.05, 4.69) is 5.32 Å². The first kappa shape index (κ1) is 18.8. The van der Waals surface area contributed by atoms with Gasteiger partial charge in [-0.05, 0) is 56.9 Å². The summed E-state index contributed by atoms with van der Waals surface area (Å²) in [5.74, 6) is 0.893. The molecule has 4 nitrogen and oxygen atoms in total. The molecule has 2 aromatic rings. The minimum absolute atomic E-state index is 0.410. The van der Waals surface area contributed by atoms with Crippen molar-refractivity contribution in [1.82, 2.24) is 5.32 Å². The molecule has 2 rings (SSSR count). The van der Waals surface area contributed by atoms with Gasteiger partial charge in [-0.25, -0.2) is 4.79 Å². The highest BCUT2D eigenvalue weighted by Gasteiger charge is 2.16. The molecule has 134 valence electrons. The van der Waals surface area contributed by atoms with Gasteiger partial charge in [0.05, 0.1) is 0 Å². The minimum Gasteiger partial charge on any atom is -0.488 e. The first-order chi connectivity index (χ1) is 11.7. The fourth-order valence-electron chi connectivity index (χ4n) is 2.59. The molecule has 25 heavy (non-hydrogen) atoms. The molecule has 0 atom stereocenters. The van der Waals surface area contributed by atoms with Crippen LogP contribution >= 0.6 is 0 Å². The van der Waals surface area contributed by atoms with Crippen LogP contribution in [0.25, 0.3) is 0 Å². The van der Waals surface area contributed by atoms with Crippen LogP contribution in [-0.2, 0) is 17.9 Å². The van der Waals surface area contributed by atoms with E-state index in [1.807, 2.05) is 77.1 Å². The summed E-state index contributed by atoms with van der Waals surface area (Å²) in [6, 6.07) is 14.2. The third-order valence-corrected chi connectivity index (χ3v) is 3.58. The Labute approximate surface area is 150 Å². The van der Waals surface area contributed by atoms with Gasteiger partial charge in [0.25, 0.3) is 0 Å². The standard InChI is InChI=1S/C21H27NO3/c1-15-11-18(13-22-20(23)25-21(3,4)5)12-16(2)19(15)24-14-17-9-7-6-8-10-17/h6-12H,13-14H2,1-5H3,(H,22,23). The van der Waals surface area contributed by atoms with E-state index in [4.69, 9.17) is 9.47 Å². The van der Waals surface area contributed by atoms with Crippen molar-refractivity contribution in [3.63, 3.8) is 0 Å². The number of carbonyl (C=O) groups is 1. The lowest BCUT2D eigenvalue weighted by molar-refractivity contribution is 0.0523. The Kier molecular flexibility index (Phi) is 6.07. The number of carbonyl (C=O) groups excluding carboxylic acids is 1. The molecule has 1 N–H and O–H groups in total. The highest BCUT2D eigenvalue weighted by Crippen LogP contribution is 2.26. The third kappa shape index (κ3) is 6.14. The van der Waals surface area contributed by atoms with Crippen molar-refractivity contribution >= 4 is 6.09 Å². The Morgan fingerprint density at radius 3 is 2.16 bits per heavy atom. The number of benzene rings is 2. The smallest absolute Gasteiger partial charge is 0.407 e. The second-order valence-corrected chi connectivity index (χ2v) is 7.19. The molecule has 0 aliphatic carbocycles. The number of aryl methyl sites for hydroxylation is 2. The molecule has 0 aliphatic heterocycles. The summed E-state index contributed by atoms with van der Waals surface area (Å²) in [7, 11) is 0. The molecule has 0 aliphatic rings. The molecule has 4 heteroatoms. The molecule has 0 bridgehead atoms. The predicted molar refractivity (Wildman–Crippen MR) is 99.8 cm³/mol. The summed E-state index contributed by atoms with van der Waals surface area (Å²) in [5.41, 5.74) is 3.77. The van der Waals surface area contributed by atoms with E-state index in [0.29, 0.717) is 13.2 Å². The molecule has 0 unspecified atom stereocenters. The topological polar surface area (TPSA) is 47.6 Å². The maximum absolute atomic E-state index is 11.8. The van der Waals surface area contributed by atoms with E-state index >= 15 is 0 Å². The molecule has 0 heterocycles. The van der Waals surface area contributed by atoms with Crippen molar-refractivity contribution in [2.75, 3.05) is 0 Å². The van der Waals surface area contributed by atoms with Crippen LogP contribution in [-0.4, -0.2) is 11.7 Å². The predicted octanol–water partition coefficient (Wildman–Crippen LogP) is 4.91. The summed E-state index contributed by atoms with van der Waals surface area (Å²) in [4.78, 5) is 11.8. The van der Waals surface area contributed by atoms with Crippen LogP contribution in [0.3, 0.4) is 0 Å². The van der Waals surface area contributed by atoms with E-state index in [1.54, 1.807) is 0 Å². The molecule has 0 saturated carbocycles. The van der Waals surface area contributed by atoms with Gasteiger partial charge in [-0.1, -0.05) is 42.5 Å². The maximum Gasteiger partial charge on any atom is 0.407 e. The second-order valence-electron chi connectivity index (χ2n) is 7.19. The molecule has 0 spiro atoms. The third-order valence-electron chi connectivity index (χ3n) is 3.58. The van der Waals surface area contributed by atoms with Crippen LogP contribution in [0, 0.1) is 13.8 Å². The van der Waals surface area contributed by atoms with Crippen LogP contribution in [0.4, 0.5) is 4.79 Å². The van der Waals surface area contributed by atoms with Gasteiger partial charge in [0.2, 0.25) is 0 Å². The Morgan fingerprint density at radius 2 is 1.60 bits per heavy atom. The average molecular weight is 341 g/mol. The number of nitrogens with one attached hydrogen (secondary N) is 1. The molecule has 2 aromatic carbocycles. The summed E-state index contributed by atoms with van der Waals surface area (Å²) in [6.45, 7) is 10.5. The van der Waals surface area contributed by atoms with E-state index < -0.39 is 11.7 Å². The van der Waals surface area contributed by atoms with Crippen molar-refractivity contribution in [2.45, 2.75) is 53.4 Å². The van der Waals surface area contributed by atoms with Crippen LogP contribution in [0.1, 0.15) is 43.0 Å². The molecular formula is C21H27NO3. The molecule has 0 radical (unpaired) electrons. The lowest BCUT2D eigenvalue weighted by Crippen LogP contribution is -2.32. The monoisotopic (exact) mass is 341 g/mol. The van der Waals surface area contributed by atoms with Crippen molar-refractivity contribution < 1.29 is 14.3 Å². The quantitative estimate of drug-likeness (QED) is 0.841. The lowest BCUT2D eigenvalue weighted by Gasteiger charge is -2.20. The van der Waals surface area contributed by atoms with Gasteiger partial charge in [-0.3, -0.25) is 0 Å². The van der Waals surface area contributed by atoms with Crippen LogP contribution < -0.4 is 10.1 Å². The highest BCUT2D eigenvalue weighted by atomic mass is 16.6. The van der Waals surface area contributed by atoms with Crippen LogP contribution in [0.15, 0.2) is 42.5 Å². The molecular weight excluding hydrogens is 314 g/mol. The first-order valence-corrected chi connectivity index (χ1v) is 8.48. The van der Waals surface area contributed by atoms with Crippen molar-refractivity contribution in [3.05, 3.63) is 64.7 Å². The van der Waals surface area contributed by atoms with Crippen molar-refractivity contribution in [1.29, 1.82) is 0 Å². The summed E-state index contributed by atoms with van der Waals surface area (Å²) in [6.07, 6.45) is -0.410. The first-order valence-electron chi connectivity index (χ1n) is 8.48. The summed E-state index contributed by atoms with van der Waals surface area (Å²) >= 11 is 0. The van der Waals surface area contributed by atoms with Gasteiger partial charge in [-0.2, -0.15) is 0 Å². The summed E-state index contributed by atoms with van der Waals surface area (Å²) < 4.78 is 11.2. The summed E-state index contributed by atoms with van der Waals surface area (Å²) in [5, 5.41) is 2.79. The van der Waals surface area contributed by atoms with E-state index in [1.165, 1.54) is 0 Å². The van der Waals surface area contributed by atoms with Crippen molar-refractivity contribution in [3.8, 4) is 5.75 Å². The molecule has 1 amide bonds. The highest BCUT2D eigenvalue weighted by molar-refractivity contribution is 5.67. The van der Waals surface area contributed by atoms with E-state index in [9.17, 15) is 4.79 Å². The number of hydrogen-bond donors (Lipinski definition) is 1. The Hall–Kier alpha value is -2.49. The van der Waals surface area contributed by atoms with Crippen LogP contribution in [0.2, 0.25) is 0 Å². The van der Waals surface area contributed by atoms with Gasteiger partial charge in [0, 0.05) is 6.54 Å². The lowest BCUT2D eigenvalue weighted by atomic mass is 10.1. The average Bonchev–Trinajstić information content (AvgIpc) is 2.51. The largest absolute Gasteiger partial charge is 0.488 e. The molecule has 0 aromatic heterocycles. The van der Waals surface area contributed by atoms with Gasteiger partial charge in [-0.15, -0.1) is 0 Å². The molecule has 0 fully saturated rings. The SMILES string of the molecule is Cc1cc(CNC(=O)OC(C)(C)C)cc(C)c1OCc1ccccc1. The van der Waals surface area contributed by atoms with E-state index in [0.717, 1.165) is 28.0 Å². The number of amides is 1. The van der Waals surface area contributed by atoms with E-state index in [-0.39, 0.29) is 0 Å². The second kappa shape index (κ2) is 8.06. The zero-order chi connectivity index (χ0) is 18.4. The number of ether oxygens (including phenoxy) is 2. The minimum atomic E-state index is -0.495. The fourth-order valence-corrected chi connectivity index (χ4v) is 2.59. The zero-order valence-corrected chi connectivity index (χ0v) is 15.7. The number of rotatable bonds is 5. The normalized spacial score (nSPS) is 11.1. The number of hydrogen-bond acceptors (Lipinski definition) is 3. The van der Waals surface area contributed by atoms with Crippen LogP contribution in [0.5, 0.6) is 5.75 Å². The van der Waals surface area contributed by atoms with Gasteiger partial charge < -0.3 is 14.8 Å². The Bertz CT molecular complexity index is 695. The van der Waals surface area contributed by atoms with Gasteiger partial charge in [0.1, 0.15) is 18.0 Å². The fraction of sp³-hybridized carbons (Fsp3) is 0.381.